The molecule has 12 nitrogen and oxygen atoms in total. The molecule has 3 unspecified atom stereocenters. The number of nitrogens with zero attached hydrogens (tertiary/aromatic N) is 2. The summed E-state index contributed by atoms with van der Waals surface area (Å²) in [4.78, 5) is 84.2. The number of fused-ring (bicyclic) bond motifs is 2. The van der Waals surface area contributed by atoms with Gasteiger partial charge in [0, 0.05) is 52.8 Å². The van der Waals surface area contributed by atoms with Crippen LogP contribution >= 0.6 is 11.3 Å². The van der Waals surface area contributed by atoms with E-state index in [0.717, 1.165) is 71.6 Å². The predicted octanol–water partition coefficient (Wildman–Crippen LogP) is 6.55. The maximum atomic E-state index is 13.4. The number of benzene rings is 3. The zero-order chi connectivity index (χ0) is 39.8. The van der Waals surface area contributed by atoms with Crippen LogP contribution < -0.4 is 25.6 Å². The first kappa shape index (κ1) is 38.2. The van der Waals surface area contributed by atoms with Gasteiger partial charge in [0.05, 0.1) is 36.1 Å². The highest BCUT2D eigenvalue weighted by molar-refractivity contribution is 7.16. The Kier molecular flexibility index (Phi) is 10.8. The molecule has 3 aromatic carbocycles. The van der Waals surface area contributed by atoms with Gasteiger partial charge < -0.3 is 20.3 Å². The number of anilines is 3. The van der Waals surface area contributed by atoms with Crippen molar-refractivity contribution < 1.29 is 33.5 Å². The molecule has 3 heterocycles. The first-order chi connectivity index (χ1) is 27.5. The van der Waals surface area contributed by atoms with Crippen LogP contribution in [-0.2, 0) is 32.0 Å². The number of Topliss-reactive ketones (excluding diaryl/α,β-unsaturated/α-hetero) is 2. The minimum atomic E-state index is -1.10. The molecule has 8 rings (SSSR count). The molecule has 2 aliphatic carbocycles. The lowest BCUT2D eigenvalue weighted by atomic mass is 9.82. The van der Waals surface area contributed by atoms with Crippen LogP contribution in [0.3, 0.4) is 0 Å². The van der Waals surface area contributed by atoms with E-state index in [1.165, 1.54) is 11.3 Å². The van der Waals surface area contributed by atoms with Crippen molar-refractivity contribution in [3.63, 3.8) is 0 Å². The Balaban J connectivity index is 0.791. The molecule has 3 atom stereocenters. The Labute approximate surface area is 334 Å². The quantitative estimate of drug-likeness (QED) is 0.0950. The molecule has 13 heteroatoms. The Morgan fingerprint density at radius 1 is 0.982 bits per heavy atom. The van der Waals surface area contributed by atoms with Crippen molar-refractivity contribution in [1.82, 2.24) is 10.3 Å². The SMILES string of the molecule is Cc1sc(NC(=O)Cc2cccc(OCCC(C)CCNc3cccc4c3C(=O)C(C3CCC(=O)NC3=O)C4=O)c2)nc1-c1ccc2c(c1)CCN2C(=O)C1CC1. The van der Waals surface area contributed by atoms with Gasteiger partial charge in [-0.25, -0.2) is 4.98 Å². The molecule has 0 spiro atoms. The number of aryl methyl sites for hydroxylation is 1. The Bertz CT molecular complexity index is 2300. The van der Waals surface area contributed by atoms with Crippen LogP contribution in [0, 0.1) is 30.6 Å². The monoisotopic (exact) mass is 787 g/mol. The highest BCUT2D eigenvalue weighted by Gasteiger charge is 2.48. The summed E-state index contributed by atoms with van der Waals surface area (Å²) in [5.41, 5.74) is 6.00. The van der Waals surface area contributed by atoms with Crippen molar-refractivity contribution in [2.24, 2.45) is 23.7 Å². The smallest absolute Gasteiger partial charge is 0.230 e. The third-order valence-corrected chi connectivity index (χ3v) is 12.3. The largest absolute Gasteiger partial charge is 0.494 e. The van der Waals surface area contributed by atoms with Crippen molar-refractivity contribution in [1.29, 1.82) is 0 Å². The second-order valence-corrected chi connectivity index (χ2v) is 16.8. The van der Waals surface area contributed by atoms with Gasteiger partial charge >= 0.3 is 0 Å². The number of ether oxygens (including phenoxy) is 1. The van der Waals surface area contributed by atoms with Crippen LogP contribution in [0.5, 0.6) is 5.75 Å². The number of hydrogen-bond acceptors (Lipinski definition) is 10. The fraction of sp³-hybridized carbons (Fsp3) is 0.386. The van der Waals surface area contributed by atoms with E-state index >= 15 is 0 Å². The minimum absolute atomic E-state index is 0.109. The summed E-state index contributed by atoms with van der Waals surface area (Å²) in [6.07, 6.45) is 4.84. The summed E-state index contributed by atoms with van der Waals surface area (Å²) >= 11 is 1.44. The van der Waals surface area contributed by atoms with Crippen LogP contribution in [-0.4, -0.2) is 59.9 Å². The number of imide groups is 1. The van der Waals surface area contributed by atoms with E-state index in [1.54, 1.807) is 18.2 Å². The molecule has 1 saturated heterocycles. The third kappa shape index (κ3) is 8.11. The summed E-state index contributed by atoms with van der Waals surface area (Å²) in [7, 11) is 0. The topological polar surface area (TPSA) is 164 Å². The maximum Gasteiger partial charge on any atom is 0.230 e. The molecule has 1 aromatic heterocycles. The first-order valence-electron chi connectivity index (χ1n) is 19.8. The van der Waals surface area contributed by atoms with E-state index in [0.29, 0.717) is 40.8 Å². The van der Waals surface area contributed by atoms with E-state index < -0.39 is 17.7 Å². The molecule has 4 aromatic rings. The molecule has 2 aliphatic heterocycles. The van der Waals surface area contributed by atoms with E-state index in [1.807, 2.05) is 48.2 Å². The van der Waals surface area contributed by atoms with Gasteiger partial charge in [-0.05, 0) is 92.8 Å². The van der Waals surface area contributed by atoms with Crippen LogP contribution in [0.4, 0.5) is 16.5 Å². The lowest BCUT2D eigenvalue weighted by Crippen LogP contribution is -2.46. The van der Waals surface area contributed by atoms with E-state index in [9.17, 15) is 28.8 Å². The second kappa shape index (κ2) is 16.0. The van der Waals surface area contributed by atoms with Crippen LogP contribution in [0.25, 0.3) is 11.3 Å². The van der Waals surface area contributed by atoms with E-state index in [-0.39, 0.29) is 60.4 Å². The van der Waals surface area contributed by atoms with E-state index in [4.69, 9.17) is 9.72 Å². The number of carbonyl (C=O) groups excluding carboxylic acids is 6. The highest BCUT2D eigenvalue weighted by Crippen LogP contribution is 2.40. The van der Waals surface area contributed by atoms with Crippen LogP contribution in [0.2, 0.25) is 0 Å². The fourth-order valence-electron chi connectivity index (χ4n) is 8.12. The van der Waals surface area contributed by atoms with Crippen molar-refractivity contribution in [2.75, 3.05) is 35.2 Å². The second-order valence-electron chi connectivity index (χ2n) is 15.6. The summed E-state index contributed by atoms with van der Waals surface area (Å²) in [5, 5.41) is 9.11. The Hall–Kier alpha value is -5.69. The molecule has 3 N–H and O–H groups in total. The van der Waals surface area contributed by atoms with Crippen LogP contribution in [0.15, 0.2) is 60.7 Å². The lowest BCUT2D eigenvalue weighted by molar-refractivity contribution is -0.137. The third-order valence-electron chi connectivity index (χ3n) is 11.4. The highest BCUT2D eigenvalue weighted by atomic mass is 32.1. The Morgan fingerprint density at radius 3 is 2.61 bits per heavy atom. The molecule has 0 bridgehead atoms. The number of rotatable bonds is 14. The summed E-state index contributed by atoms with van der Waals surface area (Å²) in [6, 6.07) is 18.8. The molecule has 57 heavy (non-hydrogen) atoms. The van der Waals surface area contributed by atoms with Gasteiger partial charge in [0.1, 0.15) is 5.75 Å². The average molecular weight is 788 g/mol. The van der Waals surface area contributed by atoms with Gasteiger partial charge in [-0.2, -0.15) is 0 Å². The fourth-order valence-corrected chi connectivity index (χ4v) is 8.97. The number of piperidine rings is 1. The molecule has 4 amide bonds. The van der Waals surface area contributed by atoms with Crippen molar-refractivity contribution in [3.8, 4) is 17.0 Å². The first-order valence-corrected chi connectivity index (χ1v) is 20.6. The summed E-state index contributed by atoms with van der Waals surface area (Å²) in [5.74, 6) is -2.41. The zero-order valence-corrected chi connectivity index (χ0v) is 32.8. The molecule has 2 fully saturated rings. The normalized spacial score (nSPS) is 19.2. The average Bonchev–Trinajstić information content (AvgIpc) is 3.78. The van der Waals surface area contributed by atoms with Gasteiger partial charge in [-0.1, -0.05) is 37.3 Å². The number of amides is 4. The Morgan fingerprint density at radius 2 is 1.81 bits per heavy atom. The van der Waals surface area contributed by atoms with Crippen molar-refractivity contribution >= 4 is 63.0 Å². The number of carbonyl (C=O) groups is 6. The molecule has 1 saturated carbocycles. The molecular formula is C44H45N5O7S. The van der Waals surface area contributed by atoms with Gasteiger partial charge in [0.25, 0.3) is 0 Å². The van der Waals surface area contributed by atoms with Crippen LogP contribution in [0.1, 0.15) is 82.2 Å². The standard InChI is InChI=1S/C44H45N5O7S/c1-24(15-18-45-33-8-4-7-31-37(33)41(53)38(40(31)52)32-12-14-35(50)46-42(32)54)17-20-56-30-6-3-5-26(21-30)22-36(51)47-44-48-39(25(2)57-44)29-11-13-34-28(23-29)16-19-49(34)43(55)27-9-10-27/h3-8,11,13,21,23-24,27,32,38,45H,9-10,12,14-20,22H2,1-2H3,(H,46,50,54)(H,47,48,51). The number of aromatic nitrogens is 1. The number of thiazole rings is 1. The van der Waals surface area contributed by atoms with Crippen molar-refractivity contribution in [3.05, 3.63) is 87.8 Å². The number of nitrogens with one attached hydrogen (secondary N) is 3. The molecule has 294 valence electrons. The van der Waals surface area contributed by atoms with Gasteiger partial charge in [0.2, 0.25) is 23.6 Å². The van der Waals surface area contributed by atoms with Gasteiger partial charge in [-0.15, -0.1) is 11.3 Å². The molecule has 4 aliphatic rings. The van der Waals surface area contributed by atoms with Crippen molar-refractivity contribution in [2.45, 2.75) is 65.2 Å². The number of ketones is 2. The lowest BCUT2D eigenvalue weighted by Gasteiger charge is -2.24. The molecular weight excluding hydrogens is 743 g/mol. The van der Waals surface area contributed by atoms with E-state index in [2.05, 4.69) is 28.9 Å². The predicted molar refractivity (Wildman–Crippen MR) is 217 cm³/mol. The zero-order valence-electron chi connectivity index (χ0n) is 32.0. The number of hydrogen-bond donors (Lipinski definition) is 3. The maximum absolute atomic E-state index is 13.4. The van der Waals surface area contributed by atoms with Gasteiger partial charge in [0.15, 0.2) is 16.7 Å². The summed E-state index contributed by atoms with van der Waals surface area (Å²) in [6.45, 7) is 5.90. The van der Waals surface area contributed by atoms with Gasteiger partial charge in [-0.3, -0.25) is 34.1 Å². The minimum Gasteiger partial charge on any atom is -0.494 e. The summed E-state index contributed by atoms with van der Waals surface area (Å²) < 4.78 is 6.07. The molecule has 0 radical (unpaired) electrons.